The Bertz CT molecular complexity index is 3050. The lowest BCUT2D eigenvalue weighted by Crippen LogP contribution is -2.64. The number of aliphatic hydroxyl groups excluding tert-OH is 4. The zero-order valence-electron chi connectivity index (χ0n) is 59.0. The molecule has 1 saturated heterocycles. The molecule has 15 atom stereocenters. The highest BCUT2D eigenvalue weighted by Gasteiger charge is 2.45. The molecule has 1 aromatic carbocycles. The Balaban J connectivity index is 0.00000682. The van der Waals surface area contributed by atoms with E-state index in [1.807, 2.05) is 24.5 Å². The fourth-order valence-electron chi connectivity index (χ4n) is 9.28. The number of rotatable bonds is 23. The molecule has 2 unspecified atom stereocenters. The molecule has 24 N–H and O–H groups in total. The summed E-state index contributed by atoms with van der Waals surface area (Å²) in [4.78, 5) is 188. The van der Waals surface area contributed by atoms with Crippen LogP contribution in [0.25, 0.3) is 0 Å². The number of cyclic esters (lactones) is 1. The molecular weight excluding hydrogens is 1400 g/mol. The van der Waals surface area contributed by atoms with Gasteiger partial charge >= 0.3 is 30.3 Å². The number of carboxylic acid groups (broad SMARTS) is 2. The molecule has 11 amide bonds. The van der Waals surface area contributed by atoms with E-state index in [0.29, 0.717) is 0 Å². The number of primary amides is 1. The number of aliphatic hydroxyl groups is 4. The number of halogens is 6. The van der Waals surface area contributed by atoms with E-state index in [4.69, 9.17) is 47.1 Å². The van der Waals surface area contributed by atoms with Crippen LogP contribution in [-0.2, 0) is 71.9 Å². The molecule has 36 nitrogen and oxygen atoms in total. The minimum Gasteiger partial charge on any atom is -0.475 e. The van der Waals surface area contributed by atoms with E-state index >= 15 is 4.79 Å². The van der Waals surface area contributed by atoms with E-state index in [1.54, 1.807) is 41.5 Å². The normalized spacial score (nSPS) is 22.9. The summed E-state index contributed by atoms with van der Waals surface area (Å²) in [7, 11) is 0. The number of esters is 1. The van der Waals surface area contributed by atoms with Gasteiger partial charge in [-0.25, -0.2) is 14.4 Å². The molecule has 0 bridgehead atoms. The number of nitrogens with one attached hydrogen (secondary N) is 12. The summed E-state index contributed by atoms with van der Waals surface area (Å²) in [6, 6.07) is -10.7. The Morgan fingerprint density at radius 2 is 1.11 bits per heavy atom. The van der Waals surface area contributed by atoms with Crippen molar-refractivity contribution < 1.29 is 129 Å². The van der Waals surface area contributed by atoms with E-state index in [9.17, 15) is 99.5 Å². The molecule has 0 saturated carbocycles. The van der Waals surface area contributed by atoms with Gasteiger partial charge in [-0.15, -0.1) is 0 Å². The van der Waals surface area contributed by atoms with Gasteiger partial charge in [-0.1, -0.05) is 106 Å². The van der Waals surface area contributed by atoms with Crippen LogP contribution >= 0.6 is 0 Å². The molecule has 0 spiro atoms. The number of ether oxygens (including phenoxy) is 1. The monoisotopic (exact) mass is 1500 g/mol. The van der Waals surface area contributed by atoms with Crippen LogP contribution < -0.4 is 75.7 Å². The lowest BCUT2D eigenvalue weighted by Gasteiger charge is -2.34. The standard InChI is InChI=1S/C58H97N15O17.2C2HF3O2/c1-12-30(10)39-53(85)71-40(31(11)75)52(84)64-24-38(76)69-42(45(78)47(60)79)55(87)68-37(25-74)57(89)90-46(32-17-14-13-15-18-32)43(73-51(83)36(23-28(6)7)66-48(80)33(59)21-26(2)3)56(88)72-41(44(77)29(8)9)54(86)67-35(22-27(4)5)50(82)65-34(49(81)70-39)19-16-20-63-58(61)62;2*3-2(4,5)1(6)7/h13-15,17-18,26-31,33-37,39-46,74-75,77-78H,12,16,19-25,59H2,1-11H3,(H2,60,79)(H,64,84)(H,65,82)(H,66,80)(H,67,86)(H,68,87)(H,69,76)(H,70,81)(H,71,85)(H,72,88)(H,73,83)(H4,61,62,63);2*(H,6,7)/t30-,31-,33+,34+,35-,36-,37-,39-,40-,41?,42-,43?,44+,45-,46+;;/m0../s1. The number of carbonyl (C=O) groups is 14. The lowest BCUT2D eigenvalue weighted by atomic mass is 9.95. The fourth-order valence-corrected chi connectivity index (χ4v) is 9.28. The summed E-state index contributed by atoms with van der Waals surface area (Å²) >= 11 is 0. The lowest BCUT2D eigenvalue weighted by molar-refractivity contribution is -0.193. The van der Waals surface area contributed by atoms with Crippen molar-refractivity contribution in [2.75, 3.05) is 19.7 Å². The molecule has 590 valence electrons. The van der Waals surface area contributed by atoms with Crippen molar-refractivity contribution >= 4 is 88.8 Å². The molecular formula is C62H99F6N15O21. The Kier molecular flexibility index (Phi) is 40.7. The largest absolute Gasteiger partial charge is 0.490 e. The average molecular weight is 1500 g/mol. The van der Waals surface area contributed by atoms with E-state index in [-0.39, 0.29) is 68.4 Å². The minimum atomic E-state index is -5.08. The van der Waals surface area contributed by atoms with Gasteiger partial charge in [0.2, 0.25) is 65.0 Å². The fraction of sp³-hybridized carbons (Fsp3) is 0.661. The zero-order valence-corrected chi connectivity index (χ0v) is 59.0. The van der Waals surface area contributed by atoms with Gasteiger partial charge in [0.05, 0.1) is 31.4 Å². The third-order valence-corrected chi connectivity index (χ3v) is 15.0. The predicted molar refractivity (Wildman–Crippen MR) is 353 cm³/mol. The summed E-state index contributed by atoms with van der Waals surface area (Å²) in [5.74, 6) is -22.9. The van der Waals surface area contributed by atoms with Crippen molar-refractivity contribution in [2.45, 2.75) is 212 Å². The highest BCUT2D eigenvalue weighted by molar-refractivity contribution is 6.00. The third-order valence-electron chi connectivity index (χ3n) is 15.0. The van der Waals surface area contributed by atoms with Gasteiger partial charge in [0.1, 0.15) is 48.3 Å². The summed E-state index contributed by atoms with van der Waals surface area (Å²) in [5, 5.41) is 92.5. The van der Waals surface area contributed by atoms with Gasteiger partial charge in [0, 0.05) is 6.54 Å². The first-order valence-electron chi connectivity index (χ1n) is 32.6. The van der Waals surface area contributed by atoms with Gasteiger partial charge in [-0.3, -0.25) is 58.1 Å². The number of alkyl halides is 6. The maximum absolute atomic E-state index is 15.3. The Morgan fingerprint density at radius 3 is 1.57 bits per heavy atom. The second-order valence-electron chi connectivity index (χ2n) is 25.7. The van der Waals surface area contributed by atoms with Crippen LogP contribution in [0.1, 0.15) is 126 Å². The SMILES string of the molecule is CC[C@H](C)[C@@H]1NC(=O)[C@@H](CCCNC(=N)N)NC(=O)[C@H](CC(C)C)NC(=O)C([C@H](O)C(C)C)NC(=O)C(NC(=O)[C@H](CC(C)C)NC(=O)[C@H](N)CC(C)C)[C@@H](c2ccccc2)OC(=O)[C@H](CO)NC(=O)[C@H]([C@H](O)C(N)=O)NC(=O)CNC(=O)[C@H]([C@H](C)O)NC1=O.O=C(O)C(F)(F)F.O=C(O)C(F)(F)F. The van der Waals surface area contributed by atoms with Crippen LogP contribution in [0.2, 0.25) is 0 Å². The number of amides is 11. The van der Waals surface area contributed by atoms with E-state index < -0.39 is 211 Å². The van der Waals surface area contributed by atoms with Gasteiger partial charge in [-0.2, -0.15) is 26.3 Å². The number of carbonyl (C=O) groups excluding carboxylic acids is 12. The molecule has 1 aliphatic heterocycles. The average Bonchev–Trinajstić information content (AvgIpc) is 0.826. The van der Waals surface area contributed by atoms with Gasteiger partial charge in [0.15, 0.2) is 24.2 Å². The maximum atomic E-state index is 15.3. The van der Waals surface area contributed by atoms with Crippen LogP contribution in [0.5, 0.6) is 0 Å². The van der Waals surface area contributed by atoms with Crippen molar-refractivity contribution in [2.24, 2.45) is 46.8 Å². The number of nitrogens with two attached hydrogens (primary N) is 3. The molecule has 0 aliphatic carbocycles. The van der Waals surface area contributed by atoms with Crippen LogP contribution in [0.3, 0.4) is 0 Å². The highest BCUT2D eigenvalue weighted by atomic mass is 19.4. The van der Waals surface area contributed by atoms with Crippen LogP contribution in [-0.4, -0.2) is 230 Å². The molecule has 1 heterocycles. The maximum Gasteiger partial charge on any atom is 0.490 e. The smallest absolute Gasteiger partial charge is 0.475 e. The van der Waals surface area contributed by atoms with Crippen molar-refractivity contribution in [1.82, 2.24) is 58.5 Å². The van der Waals surface area contributed by atoms with Crippen molar-refractivity contribution in [3.8, 4) is 0 Å². The van der Waals surface area contributed by atoms with Crippen LogP contribution in [0.4, 0.5) is 26.3 Å². The molecule has 1 fully saturated rings. The number of guanidine groups is 1. The third kappa shape index (κ3) is 34.2. The second kappa shape index (κ2) is 44.8. The number of aliphatic carboxylic acids is 2. The quantitative estimate of drug-likeness (QED) is 0.0163. The molecule has 0 radical (unpaired) electrons. The number of hydrogen-bond acceptors (Lipinski definition) is 21. The minimum absolute atomic E-state index is 0.0148. The van der Waals surface area contributed by atoms with Crippen molar-refractivity contribution in [1.29, 1.82) is 5.41 Å². The molecule has 1 aliphatic rings. The number of carboxylic acids is 2. The number of hydrogen-bond donors (Lipinski definition) is 21. The van der Waals surface area contributed by atoms with Crippen molar-refractivity contribution in [3.05, 3.63) is 35.9 Å². The van der Waals surface area contributed by atoms with E-state index in [2.05, 4.69) is 47.9 Å². The summed E-state index contributed by atoms with van der Waals surface area (Å²) in [6.07, 6.45) is -18.2. The summed E-state index contributed by atoms with van der Waals surface area (Å²) < 4.78 is 69.4. The number of benzene rings is 1. The van der Waals surface area contributed by atoms with Crippen LogP contribution in [0, 0.1) is 35.0 Å². The van der Waals surface area contributed by atoms with E-state index in [0.717, 1.165) is 6.92 Å². The summed E-state index contributed by atoms with van der Waals surface area (Å²) in [5.41, 5.74) is 17.0. The Labute approximate surface area is 594 Å². The second-order valence-corrected chi connectivity index (χ2v) is 25.7. The zero-order chi connectivity index (χ0) is 80.6. The van der Waals surface area contributed by atoms with Crippen LogP contribution in [0.15, 0.2) is 30.3 Å². The Morgan fingerprint density at radius 1 is 0.625 bits per heavy atom. The highest BCUT2D eigenvalue weighted by Crippen LogP contribution is 2.25. The molecule has 0 aromatic heterocycles. The van der Waals surface area contributed by atoms with Gasteiger partial charge in [-0.05, 0) is 74.2 Å². The predicted octanol–water partition coefficient (Wildman–Crippen LogP) is -3.96. The first-order valence-corrected chi connectivity index (χ1v) is 32.6. The summed E-state index contributed by atoms with van der Waals surface area (Å²) in [6.45, 7) is 15.4. The first kappa shape index (κ1) is 94.5. The molecule has 2 rings (SSSR count). The van der Waals surface area contributed by atoms with Gasteiger partial charge < -0.3 is 111 Å². The van der Waals surface area contributed by atoms with E-state index in [1.165, 1.54) is 44.2 Å². The Hall–Kier alpha value is -9.55. The van der Waals surface area contributed by atoms with Crippen molar-refractivity contribution in [3.63, 3.8) is 0 Å². The molecule has 42 heteroatoms. The molecule has 104 heavy (non-hydrogen) atoms. The molecule has 1 aromatic rings. The topological polar surface area (TPSA) is 604 Å². The van der Waals surface area contributed by atoms with Gasteiger partial charge in [0.25, 0.3) is 0 Å². The first-order chi connectivity index (χ1) is 47.9.